The van der Waals surface area contributed by atoms with Crippen LogP contribution in [0.2, 0.25) is 0 Å². The van der Waals surface area contributed by atoms with Crippen molar-refractivity contribution in [2.75, 3.05) is 18.9 Å². The van der Waals surface area contributed by atoms with Gasteiger partial charge in [0, 0.05) is 36.1 Å². The molecule has 0 aliphatic heterocycles. The Bertz CT molecular complexity index is 1420. The highest BCUT2D eigenvalue weighted by Gasteiger charge is 2.32. The highest BCUT2D eigenvalue weighted by atomic mass is 32.2. The predicted octanol–water partition coefficient (Wildman–Crippen LogP) is 3.38. The van der Waals surface area contributed by atoms with Gasteiger partial charge < -0.3 is 9.47 Å². The molecule has 2 atom stereocenters. The van der Waals surface area contributed by atoms with E-state index in [-0.39, 0.29) is 11.8 Å². The molecule has 4 aromatic rings. The molecule has 1 aromatic carbocycles. The van der Waals surface area contributed by atoms with E-state index >= 15 is 0 Å². The van der Waals surface area contributed by atoms with Crippen LogP contribution in [0.15, 0.2) is 55.0 Å². The van der Waals surface area contributed by atoms with Crippen LogP contribution in [0.25, 0.3) is 17.1 Å². The van der Waals surface area contributed by atoms with Gasteiger partial charge in [-0.15, -0.1) is 10.2 Å². The van der Waals surface area contributed by atoms with Crippen molar-refractivity contribution in [3.05, 3.63) is 66.4 Å². The van der Waals surface area contributed by atoms with Crippen molar-refractivity contribution in [1.29, 1.82) is 0 Å². The van der Waals surface area contributed by atoms with E-state index in [1.165, 1.54) is 25.0 Å². The maximum Gasteiger partial charge on any atom is 0.243 e. The van der Waals surface area contributed by atoms with E-state index < -0.39 is 21.2 Å². The summed E-state index contributed by atoms with van der Waals surface area (Å²) in [6.07, 6.45) is 4.74. The average molecular weight is 510 g/mol. The summed E-state index contributed by atoms with van der Waals surface area (Å²) in [5.41, 5.74) is 2.38. The smallest absolute Gasteiger partial charge is 0.243 e. The molecule has 0 fully saturated rings. The standard InChI is InChI=1S/C24H27N7O4S/c1-15-13-27-19(14-26-15)16(2)17(3)36(32,33)30-24-29-28-22(18-9-7-6-8-10-18)31(24)21-20(34-4)11-12-25-23(21)35-5/h6-14,16-17H,1-5H3,(H,29,30). The topological polar surface area (TPSA) is 134 Å². The first-order valence-corrected chi connectivity index (χ1v) is 12.7. The lowest BCUT2D eigenvalue weighted by molar-refractivity contribution is 0.379. The molecule has 0 radical (unpaired) electrons. The molecule has 4 rings (SSSR count). The fourth-order valence-corrected chi connectivity index (χ4v) is 4.89. The Morgan fingerprint density at radius 3 is 2.33 bits per heavy atom. The zero-order valence-electron chi connectivity index (χ0n) is 20.6. The van der Waals surface area contributed by atoms with E-state index in [0.29, 0.717) is 28.5 Å². The van der Waals surface area contributed by atoms with Gasteiger partial charge in [-0.25, -0.2) is 13.4 Å². The van der Waals surface area contributed by atoms with Gasteiger partial charge in [0.25, 0.3) is 0 Å². The number of ether oxygens (including phenoxy) is 2. The van der Waals surface area contributed by atoms with Gasteiger partial charge >= 0.3 is 0 Å². The second-order valence-corrected chi connectivity index (χ2v) is 10.2. The Balaban J connectivity index is 1.81. The molecule has 188 valence electrons. The second kappa shape index (κ2) is 10.3. The molecule has 11 nitrogen and oxygen atoms in total. The van der Waals surface area contributed by atoms with Gasteiger partial charge in [-0.3, -0.25) is 19.3 Å². The summed E-state index contributed by atoms with van der Waals surface area (Å²) in [5, 5.41) is 7.62. The number of nitrogens with one attached hydrogen (secondary N) is 1. The molecular weight excluding hydrogens is 482 g/mol. The molecule has 0 aliphatic rings. The molecule has 36 heavy (non-hydrogen) atoms. The number of methoxy groups -OCH3 is 2. The average Bonchev–Trinajstić information content (AvgIpc) is 3.30. The fraction of sp³-hybridized carbons (Fsp3) is 0.292. The largest absolute Gasteiger partial charge is 0.494 e. The summed E-state index contributed by atoms with van der Waals surface area (Å²) in [6, 6.07) is 10.9. The summed E-state index contributed by atoms with van der Waals surface area (Å²) >= 11 is 0. The van der Waals surface area contributed by atoms with Crippen LogP contribution in [-0.2, 0) is 10.0 Å². The maximum atomic E-state index is 13.5. The number of aromatic nitrogens is 6. The Labute approximate surface area is 209 Å². The lowest BCUT2D eigenvalue weighted by Gasteiger charge is -2.21. The van der Waals surface area contributed by atoms with E-state index in [1.54, 1.807) is 32.3 Å². The zero-order chi connectivity index (χ0) is 25.9. The summed E-state index contributed by atoms with van der Waals surface area (Å²) in [7, 11) is -0.985. The summed E-state index contributed by atoms with van der Waals surface area (Å²) in [4.78, 5) is 12.9. The number of anilines is 1. The molecule has 3 heterocycles. The molecular formula is C24H27N7O4S. The van der Waals surface area contributed by atoms with Gasteiger partial charge in [0.2, 0.25) is 21.9 Å². The molecule has 0 amide bonds. The van der Waals surface area contributed by atoms with Gasteiger partial charge in [0.15, 0.2) is 11.5 Å². The molecule has 0 saturated heterocycles. The SMILES string of the molecule is COc1ccnc(OC)c1-n1c(NS(=O)(=O)C(C)C(C)c2cnc(C)cn2)nnc1-c1ccccc1. The second-order valence-electron chi connectivity index (χ2n) is 8.14. The maximum absolute atomic E-state index is 13.5. The van der Waals surface area contributed by atoms with Crippen molar-refractivity contribution < 1.29 is 17.9 Å². The zero-order valence-corrected chi connectivity index (χ0v) is 21.4. The lowest BCUT2D eigenvalue weighted by atomic mass is 10.1. The minimum Gasteiger partial charge on any atom is -0.494 e. The van der Waals surface area contributed by atoms with Crippen LogP contribution in [0.5, 0.6) is 11.6 Å². The Morgan fingerprint density at radius 2 is 1.69 bits per heavy atom. The number of nitrogens with zero attached hydrogens (tertiary/aromatic N) is 6. The van der Waals surface area contributed by atoms with E-state index in [9.17, 15) is 8.42 Å². The van der Waals surface area contributed by atoms with Crippen LogP contribution in [0.3, 0.4) is 0 Å². The molecule has 0 spiro atoms. The summed E-state index contributed by atoms with van der Waals surface area (Å²) in [5.74, 6) is 0.511. The van der Waals surface area contributed by atoms with E-state index in [2.05, 4.69) is 29.9 Å². The van der Waals surface area contributed by atoms with E-state index in [1.807, 2.05) is 37.3 Å². The third-order valence-corrected chi connectivity index (χ3v) is 7.73. The van der Waals surface area contributed by atoms with Crippen LogP contribution in [0.1, 0.15) is 31.2 Å². The number of rotatable bonds is 9. The number of pyridine rings is 1. The van der Waals surface area contributed by atoms with E-state index in [0.717, 1.165) is 5.69 Å². The molecule has 0 bridgehead atoms. The van der Waals surface area contributed by atoms with Gasteiger partial charge in [-0.05, 0) is 13.8 Å². The number of hydrogen-bond donors (Lipinski definition) is 1. The van der Waals surface area contributed by atoms with Crippen molar-refractivity contribution in [2.45, 2.75) is 31.9 Å². The number of benzene rings is 1. The monoisotopic (exact) mass is 509 g/mol. The molecule has 3 aromatic heterocycles. The van der Waals surface area contributed by atoms with Crippen LogP contribution < -0.4 is 14.2 Å². The van der Waals surface area contributed by atoms with Crippen molar-refractivity contribution in [2.24, 2.45) is 0 Å². The van der Waals surface area contributed by atoms with Crippen molar-refractivity contribution in [3.63, 3.8) is 0 Å². The lowest BCUT2D eigenvalue weighted by Crippen LogP contribution is -2.31. The fourth-order valence-electron chi connectivity index (χ4n) is 3.64. The van der Waals surface area contributed by atoms with Gasteiger partial charge in [-0.2, -0.15) is 0 Å². The van der Waals surface area contributed by atoms with E-state index in [4.69, 9.17) is 9.47 Å². The van der Waals surface area contributed by atoms with Crippen LogP contribution in [-0.4, -0.2) is 57.6 Å². The van der Waals surface area contributed by atoms with Crippen LogP contribution in [0, 0.1) is 6.92 Å². The minimum absolute atomic E-state index is 0.0347. The first-order valence-electron chi connectivity index (χ1n) is 11.1. The normalized spacial score (nSPS) is 13.1. The highest BCUT2D eigenvalue weighted by Crippen LogP contribution is 2.36. The first kappa shape index (κ1) is 25.0. The van der Waals surface area contributed by atoms with Gasteiger partial charge in [-0.1, -0.05) is 37.3 Å². The summed E-state index contributed by atoms with van der Waals surface area (Å²) < 4.78 is 42.2. The number of aryl methyl sites for hydroxylation is 1. The molecule has 0 saturated carbocycles. The Morgan fingerprint density at radius 1 is 0.944 bits per heavy atom. The minimum atomic E-state index is -3.95. The molecule has 2 unspecified atom stereocenters. The summed E-state index contributed by atoms with van der Waals surface area (Å²) in [6.45, 7) is 5.22. The van der Waals surface area contributed by atoms with Gasteiger partial charge in [0.05, 0.1) is 30.9 Å². The Kier molecular flexibility index (Phi) is 7.15. The Hall–Kier alpha value is -4.06. The van der Waals surface area contributed by atoms with Crippen molar-refractivity contribution >= 4 is 16.0 Å². The van der Waals surface area contributed by atoms with Crippen LogP contribution >= 0.6 is 0 Å². The quantitative estimate of drug-likeness (QED) is 0.360. The van der Waals surface area contributed by atoms with Crippen LogP contribution in [0.4, 0.5) is 5.95 Å². The van der Waals surface area contributed by atoms with Crippen molar-refractivity contribution in [3.8, 4) is 28.7 Å². The third-order valence-electron chi connectivity index (χ3n) is 5.88. The predicted molar refractivity (Wildman–Crippen MR) is 135 cm³/mol. The number of hydrogen-bond acceptors (Lipinski definition) is 9. The first-order chi connectivity index (χ1) is 17.3. The third kappa shape index (κ3) is 4.85. The molecule has 12 heteroatoms. The van der Waals surface area contributed by atoms with Crippen molar-refractivity contribution in [1.82, 2.24) is 29.7 Å². The molecule has 1 N–H and O–H groups in total. The number of sulfonamides is 1. The molecule has 0 aliphatic carbocycles. The van der Waals surface area contributed by atoms with Gasteiger partial charge in [0.1, 0.15) is 5.75 Å². The highest BCUT2D eigenvalue weighted by molar-refractivity contribution is 7.93.